The summed E-state index contributed by atoms with van der Waals surface area (Å²) >= 11 is 1.82. The number of aromatic nitrogens is 1. The van der Waals surface area contributed by atoms with Gasteiger partial charge in [-0.25, -0.2) is 4.98 Å². The van der Waals surface area contributed by atoms with E-state index in [0.29, 0.717) is 24.5 Å². The van der Waals surface area contributed by atoms with E-state index in [2.05, 4.69) is 16.4 Å². The number of nitrogens with zero attached hydrogens (tertiary/aromatic N) is 2. The molecular formula is C16H18N2O3S. The number of rotatable bonds is 1. The molecule has 2 aliphatic heterocycles. The lowest BCUT2D eigenvalue weighted by Gasteiger charge is -2.43. The zero-order valence-corrected chi connectivity index (χ0v) is 13.3. The first-order valence-corrected chi connectivity index (χ1v) is 8.48. The smallest absolute Gasteiger partial charge is 0.276 e. The Morgan fingerprint density at radius 1 is 1.41 bits per heavy atom. The van der Waals surface area contributed by atoms with Crippen LogP contribution in [0.1, 0.15) is 39.5 Å². The second-order valence-electron chi connectivity index (χ2n) is 5.90. The van der Waals surface area contributed by atoms with Crippen molar-refractivity contribution in [3.8, 4) is 0 Å². The number of fused-ring (bicyclic) bond motifs is 2. The maximum Gasteiger partial charge on any atom is 0.276 e. The third-order valence-electron chi connectivity index (χ3n) is 4.75. The number of carbonyl (C=O) groups excluding carboxylic acids is 1. The summed E-state index contributed by atoms with van der Waals surface area (Å²) in [4.78, 5) is 19.9. The van der Waals surface area contributed by atoms with Crippen LogP contribution in [-0.4, -0.2) is 35.5 Å². The Morgan fingerprint density at radius 3 is 2.95 bits per heavy atom. The molecule has 0 aliphatic carbocycles. The van der Waals surface area contributed by atoms with E-state index in [1.165, 1.54) is 16.8 Å². The molecule has 0 N–H and O–H groups in total. The quantitative estimate of drug-likeness (QED) is 0.811. The normalized spacial score (nSPS) is 20.1. The van der Waals surface area contributed by atoms with Crippen LogP contribution in [-0.2, 0) is 16.8 Å². The zero-order valence-electron chi connectivity index (χ0n) is 12.5. The lowest BCUT2D eigenvalue weighted by Crippen LogP contribution is -2.48. The lowest BCUT2D eigenvalue weighted by molar-refractivity contribution is -0.0926. The van der Waals surface area contributed by atoms with Gasteiger partial charge in [0.15, 0.2) is 12.1 Å². The molecule has 1 spiro atoms. The highest BCUT2D eigenvalue weighted by molar-refractivity contribution is 7.10. The molecule has 116 valence electrons. The van der Waals surface area contributed by atoms with Crippen LogP contribution < -0.4 is 0 Å². The molecule has 0 saturated carbocycles. The Morgan fingerprint density at radius 2 is 2.23 bits per heavy atom. The summed E-state index contributed by atoms with van der Waals surface area (Å²) in [5.74, 6) is 0.543. The van der Waals surface area contributed by atoms with Gasteiger partial charge in [-0.2, -0.15) is 0 Å². The fourth-order valence-electron chi connectivity index (χ4n) is 3.50. The Balaban J connectivity index is 1.52. The maximum atomic E-state index is 12.5. The minimum absolute atomic E-state index is 0.0394. The summed E-state index contributed by atoms with van der Waals surface area (Å²) in [7, 11) is 0. The fourth-order valence-corrected chi connectivity index (χ4v) is 4.45. The van der Waals surface area contributed by atoms with Crippen molar-refractivity contribution in [1.82, 2.24) is 9.88 Å². The fraction of sp³-hybridized carbons (Fsp3) is 0.500. The van der Waals surface area contributed by atoms with E-state index in [4.69, 9.17) is 9.15 Å². The number of carbonyl (C=O) groups is 1. The minimum atomic E-state index is -0.191. The number of aryl methyl sites for hydroxylation is 1. The molecule has 5 nitrogen and oxygen atoms in total. The monoisotopic (exact) mass is 318 g/mol. The Hall–Kier alpha value is -1.66. The van der Waals surface area contributed by atoms with Crippen LogP contribution in [0.25, 0.3) is 0 Å². The van der Waals surface area contributed by atoms with Gasteiger partial charge in [0.05, 0.1) is 12.2 Å². The van der Waals surface area contributed by atoms with Gasteiger partial charge in [0.25, 0.3) is 5.91 Å². The number of thiophene rings is 1. The van der Waals surface area contributed by atoms with Crippen molar-refractivity contribution in [2.24, 2.45) is 0 Å². The molecule has 2 aromatic rings. The van der Waals surface area contributed by atoms with Gasteiger partial charge in [-0.15, -0.1) is 11.3 Å². The van der Waals surface area contributed by atoms with Gasteiger partial charge < -0.3 is 14.1 Å². The first-order valence-electron chi connectivity index (χ1n) is 7.60. The molecule has 0 atom stereocenters. The summed E-state index contributed by atoms with van der Waals surface area (Å²) in [6.07, 6.45) is 4.03. The average molecular weight is 318 g/mol. The average Bonchev–Trinajstić information content (AvgIpc) is 3.17. The van der Waals surface area contributed by atoms with Crippen molar-refractivity contribution in [2.75, 3.05) is 19.7 Å². The van der Waals surface area contributed by atoms with Crippen molar-refractivity contribution >= 4 is 17.2 Å². The third kappa shape index (κ3) is 2.09. The Bertz CT molecular complexity index is 698. The first-order chi connectivity index (χ1) is 10.7. The summed E-state index contributed by atoms with van der Waals surface area (Å²) in [6.45, 7) is 3.94. The molecular weight excluding hydrogens is 300 g/mol. The van der Waals surface area contributed by atoms with Crippen molar-refractivity contribution < 1.29 is 13.9 Å². The highest BCUT2D eigenvalue weighted by Crippen LogP contribution is 2.43. The highest BCUT2D eigenvalue weighted by Gasteiger charge is 2.42. The molecule has 6 heteroatoms. The van der Waals surface area contributed by atoms with Gasteiger partial charge in [-0.05, 0) is 36.8 Å². The van der Waals surface area contributed by atoms with Crippen molar-refractivity contribution in [1.29, 1.82) is 0 Å². The number of amides is 1. The summed E-state index contributed by atoms with van der Waals surface area (Å²) in [5.41, 5.74) is 1.58. The number of ether oxygens (including phenoxy) is 1. The molecule has 1 amide bonds. The molecule has 0 unspecified atom stereocenters. The number of oxazole rings is 1. The Kier molecular flexibility index (Phi) is 3.31. The van der Waals surface area contributed by atoms with Gasteiger partial charge in [0.1, 0.15) is 5.76 Å². The molecule has 4 heterocycles. The Labute approximate surface area is 132 Å². The molecule has 0 bridgehead atoms. The molecule has 22 heavy (non-hydrogen) atoms. The van der Waals surface area contributed by atoms with Crippen molar-refractivity contribution in [3.63, 3.8) is 0 Å². The van der Waals surface area contributed by atoms with Crippen molar-refractivity contribution in [2.45, 2.75) is 31.8 Å². The van der Waals surface area contributed by atoms with E-state index in [9.17, 15) is 4.79 Å². The predicted octanol–water partition coefficient (Wildman–Crippen LogP) is 2.75. The van der Waals surface area contributed by atoms with Gasteiger partial charge >= 0.3 is 0 Å². The number of hydrogen-bond acceptors (Lipinski definition) is 5. The van der Waals surface area contributed by atoms with E-state index in [1.54, 1.807) is 6.92 Å². The number of piperidine rings is 1. The summed E-state index contributed by atoms with van der Waals surface area (Å²) in [6, 6.07) is 2.19. The molecule has 0 aromatic carbocycles. The predicted molar refractivity (Wildman–Crippen MR) is 82.0 cm³/mol. The van der Waals surface area contributed by atoms with Crippen molar-refractivity contribution in [3.05, 3.63) is 39.7 Å². The van der Waals surface area contributed by atoms with Gasteiger partial charge in [-0.3, -0.25) is 4.79 Å². The van der Waals surface area contributed by atoms with Crippen LogP contribution in [0, 0.1) is 6.92 Å². The molecule has 2 aromatic heterocycles. The topological polar surface area (TPSA) is 55.6 Å². The van der Waals surface area contributed by atoms with Crippen LogP contribution in [0.5, 0.6) is 0 Å². The van der Waals surface area contributed by atoms with Crippen LogP contribution in [0.4, 0.5) is 0 Å². The molecule has 1 fully saturated rings. The van der Waals surface area contributed by atoms with Gasteiger partial charge in [-0.1, -0.05) is 0 Å². The second-order valence-corrected chi connectivity index (χ2v) is 6.90. The number of likely N-dealkylation sites (tertiary alicyclic amines) is 1. The third-order valence-corrected chi connectivity index (χ3v) is 5.73. The molecule has 0 radical (unpaired) electrons. The molecule has 4 rings (SSSR count). The highest BCUT2D eigenvalue weighted by atomic mass is 32.1. The van der Waals surface area contributed by atoms with E-state index in [0.717, 1.165) is 25.9 Å². The van der Waals surface area contributed by atoms with Crippen LogP contribution in [0.3, 0.4) is 0 Å². The SMILES string of the molecule is Cc1ocnc1C(=O)N1CCC2(CC1)OCCc1sccc12. The number of hydrogen-bond donors (Lipinski definition) is 0. The van der Waals surface area contributed by atoms with Crippen LogP contribution in [0.15, 0.2) is 22.3 Å². The van der Waals surface area contributed by atoms with Crippen LogP contribution in [0.2, 0.25) is 0 Å². The van der Waals surface area contributed by atoms with Gasteiger partial charge in [0.2, 0.25) is 0 Å². The van der Waals surface area contributed by atoms with E-state index in [1.807, 2.05) is 16.2 Å². The summed E-state index contributed by atoms with van der Waals surface area (Å²) in [5, 5.41) is 2.15. The second kappa shape index (κ2) is 5.21. The van der Waals surface area contributed by atoms with E-state index < -0.39 is 0 Å². The largest absolute Gasteiger partial charge is 0.448 e. The molecule has 1 saturated heterocycles. The maximum absolute atomic E-state index is 12.5. The first kappa shape index (κ1) is 14.0. The standard InChI is InChI=1S/C16H18N2O3S/c1-11-14(17-10-20-11)15(19)18-6-4-16(5-7-18)12-3-9-22-13(12)2-8-21-16/h3,9-10H,2,4-8H2,1H3. The molecule has 2 aliphatic rings. The zero-order chi connectivity index (χ0) is 15.2. The summed E-state index contributed by atoms with van der Waals surface area (Å²) < 4.78 is 11.3. The van der Waals surface area contributed by atoms with E-state index in [-0.39, 0.29) is 11.5 Å². The van der Waals surface area contributed by atoms with Crippen LogP contribution >= 0.6 is 11.3 Å². The van der Waals surface area contributed by atoms with Gasteiger partial charge in [0, 0.05) is 24.4 Å². The lowest BCUT2D eigenvalue weighted by atomic mass is 9.82. The minimum Gasteiger partial charge on any atom is -0.448 e. The van der Waals surface area contributed by atoms with E-state index >= 15 is 0 Å².